The Hall–Kier alpha value is -1.65. The zero-order valence-electron chi connectivity index (χ0n) is 10.5. The molecule has 18 heavy (non-hydrogen) atoms. The molecule has 0 saturated heterocycles. The molecule has 0 unspecified atom stereocenters. The van der Waals surface area contributed by atoms with Crippen LogP contribution in [-0.2, 0) is 17.9 Å². The lowest BCUT2D eigenvalue weighted by atomic mass is 10.2. The average Bonchev–Trinajstić information content (AvgIpc) is 2.76. The fraction of sp³-hybridized carbons (Fsp3) is 0.357. The third-order valence-electron chi connectivity index (χ3n) is 2.58. The Labute approximate surface area is 107 Å². The van der Waals surface area contributed by atoms with E-state index in [0.29, 0.717) is 19.8 Å². The van der Waals surface area contributed by atoms with E-state index in [0.717, 1.165) is 11.1 Å². The summed E-state index contributed by atoms with van der Waals surface area (Å²) in [5, 5.41) is 13.9. The van der Waals surface area contributed by atoms with Gasteiger partial charge in [-0.2, -0.15) is 5.10 Å². The van der Waals surface area contributed by atoms with Crippen LogP contribution in [0.25, 0.3) is 0 Å². The first kappa shape index (κ1) is 12.8. The first-order valence-corrected chi connectivity index (χ1v) is 6.03. The third-order valence-corrected chi connectivity index (χ3v) is 2.58. The highest BCUT2D eigenvalue weighted by Crippen LogP contribution is 2.02. The predicted octanol–water partition coefficient (Wildman–Crippen LogP) is 1.77. The van der Waals surface area contributed by atoms with E-state index in [1.807, 2.05) is 43.5 Å². The fourth-order valence-corrected chi connectivity index (χ4v) is 1.72. The first-order valence-electron chi connectivity index (χ1n) is 6.03. The summed E-state index contributed by atoms with van der Waals surface area (Å²) in [5.41, 5.74) is 2.20. The first-order chi connectivity index (χ1) is 8.74. The zero-order chi connectivity index (χ0) is 12.8. The molecule has 0 bridgehead atoms. The van der Waals surface area contributed by atoms with Gasteiger partial charge in [0.1, 0.15) is 0 Å². The molecular formula is C14H18N2O2. The van der Waals surface area contributed by atoms with Crippen molar-refractivity contribution in [2.45, 2.75) is 26.2 Å². The molecule has 0 radical (unpaired) electrons. The molecule has 0 spiro atoms. The molecule has 0 aliphatic rings. The number of benzene rings is 1. The molecule has 1 aromatic carbocycles. The van der Waals surface area contributed by atoms with Gasteiger partial charge in [0, 0.05) is 6.20 Å². The van der Waals surface area contributed by atoms with Crippen molar-refractivity contribution < 1.29 is 9.84 Å². The second-order valence-electron chi connectivity index (χ2n) is 4.39. The molecule has 0 fully saturated rings. The SMILES string of the molecule is Cc1cnn(C[C@H](O)COCc2ccccc2)c1. The van der Waals surface area contributed by atoms with Gasteiger partial charge < -0.3 is 9.84 Å². The predicted molar refractivity (Wildman–Crippen MR) is 69.1 cm³/mol. The molecule has 2 rings (SSSR count). The number of hydrogen-bond donors (Lipinski definition) is 1. The van der Waals surface area contributed by atoms with Crippen LogP contribution in [0.4, 0.5) is 0 Å². The summed E-state index contributed by atoms with van der Waals surface area (Å²) >= 11 is 0. The van der Waals surface area contributed by atoms with Crippen molar-refractivity contribution in [2.24, 2.45) is 0 Å². The highest BCUT2D eigenvalue weighted by atomic mass is 16.5. The molecule has 0 aliphatic heterocycles. The topological polar surface area (TPSA) is 47.3 Å². The van der Waals surface area contributed by atoms with Crippen molar-refractivity contribution in [3.05, 3.63) is 53.9 Å². The number of aliphatic hydroxyl groups is 1. The Morgan fingerprint density at radius 3 is 2.78 bits per heavy atom. The van der Waals surface area contributed by atoms with Crippen LogP contribution in [0.3, 0.4) is 0 Å². The molecule has 96 valence electrons. The molecule has 1 atom stereocenters. The lowest BCUT2D eigenvalue weighted by Crippen LogP contribution is -2.22. The molecule has 4 heteroatoms. The second kappa shape index (κ2) is 6.33. The van der Waals surface area contributed by atoms with Gasteiger partial charge in [0.2, 0.25) is 0 Å². The lowest BCUT2D eigenvalue weighted by molar-refractivity contribution is 0.0187. The van der Waals surface area contributed by atoms with Gasteiger partial charge in [-0.1, -0.05) is 30.3 Å². The van der Waals surface area contributed by atoms with Crippen LogP contribution in [0.5, 0.6) is 0 Å². The lowest BCUT2D eigenvalue weighted by Gasteiger charge is -2.11. The van der Waals surface area contributed by atoms with Gasteiger partial charge in [-0.3, -0.25) is 4.68 Å². The number of hydrogen-bond acceptors (Lipinski definition) is 3. The second-order valence-corrected chi connectivity index (χ2v) is 4.39. The Morgan fingerprint density at radius 1 is 1.33 bits per heavy atom. The van der Waals surface area contributed by atoms with E-state index >= 15 is 0 Å². The van der Waals surface area contributed by atoms with Crippen LogP contribution in [0, 0.1) is 6.92 Å². The van der Waals surface area contributed by atoms with Crippen LogP contribution in [0.15, 0.2) is 42.7 Å². The average molecular weight is 246 g/mol. The molecule has 0 saturated carbocycles. The number of aliphatic hydroxyl groups excluding tert-OH is 1. The van der Waals surface area contributed by atoms with Crippen LogP contribution in [-0.4, -0.2) is 27.6 Å². The zero-order valence-corrected chi connectivity index (χ0v) is 10.5. The summed E-state index contributed by atoms with van der Waals surface area (Å²) in [6.07, 6.45) is 3.14. The maximum Gasteiger partial charge on any atom is 0.0969 e. The summed E-state index contributed by atoms with van der Waals surface area (Å²) < 4.78 is 7.20. The van der Waals surface area contributed by atoms with Gasteiger partial charge in [0.25, 0.3) is 0 Å². The summed E-state index contributed by atoms with van der Waals surface area (Å²) in [4.78, 5) is 0. The normalized spacial score (nSPS) is 12.6. The molecule has 4 nitrogen and oxygen atoms in total. The molecular weight excluding hydrogens is 228 g/mol. The van der Waals surface area contributed by atoms with Crippen LogP contribution >= 0.6 is 0 Å². The molecule has 1 heterocycles. The van der Waals surface area contributed by atoms with Crippen molar-refractivity contribution in [1.29, 1.82) is 0 Å². The Kier molecular flexibility index (Phi) is 4.50. The Morgan fingerprint density at radius 2 is 2.11 bits per heavy atom. The monoisotopic (exact) mass is 246 g/mol. The summed E-state index contributed by atoms with van der Waals surface area (Å²) in [6.45, 7) is 3.27. The maximum atomic E-state index is 9.80. The van der Waals surface area contributed by atoms with E-state index in [-0.39, 0.29) is 0 Å². The van der Waals surface area contributed by atoms with E-state index in [9.17, 15) is 5.11 Å². The van der Waals surface area contributed by atoms with E-state index in [1.54, 1.807) is 10.9 Å². The molecule has 0 aliphatic carbocycles. The minimum atomic E-state index is -0.534. The molecule has 0 amide bonds. The Balaban J connectivity index is 1.70. The van der Waals surface area contributed by atoms with Gasteiger partial charge in [0.15, 0.2) is 0 Å². The van der Waals surface area contributed by atoms with Gasteiger partial charge in [-0.15, -0.1) is 0 Å². The van der Waals surface area contributed by atoms with Crippen molar-refractivity contribution in [2.75, 3.05) is 6.61 Å². The third kappa shape index (κ3) is 3.98. The number of ether oxygens (including phenoxy) is 1. The molecule has 1 N–H and O–H groups in total. The molecule has 2 aromatic rings. The standard InChI is InChI=1S/C14H18N2O2/c1-12-7-15-16(8-12)9-14(17)11-18-10-13-5-3-2-4-6-13/h2-8,14,17H,9-11H2,1H3/t14-/m0/s1. The van der Waals surface area contributed by atoms with Crippen molar-refractivity contribution in [1.82, 2.24) is 9.78 Å². The van der Waals surface area contributed by atoms with Crippen LogP contribution in [0.2, 0.25) is 0 Å². The van der Waals surface area contributed by atoms with Gasteiger partial charge in [0.05, 0.1) is 32.1 Å². The van der Waals surface area contributed by atoms with Gasteiger partial charge in [-0.05, 0) is 18.1 Å². The summed E-state index contributed by atoms with van der Waals surface area (Å²) in [6, 6.07) is 9.92. The smallest absolute Gasteiger partial charge is 0.0969 e. The fourth-order valence-electron chi connectivity index (χ4n) is 1.72. The molecule has 1 aromatic heterocycles. The van der Waals surface area contributed by atoms with Crippen LogP contribution in [0.1, 0.15) is 11.1 Å². The van der Waals surface area contributed by atoms with Crippen LogP contribution < -0.4 is 0 Å². The van der Waals surface area contributed by atoms with Gasteiger partial charge in [-0.25, -0.2) is 0 Å². The minimum absolute atomic E-state index is 0.313. The summed E-state index contributed by atoms with van der Waals surface area (Å²) in [7, 11) is 0. The van der Waals surface area contributed by atoms with E-state index in [4.69, 9.17) is 4.74 Å². The van der Waals surface area contributed by atoms with E-state index in [1.165, 1.54) is 0 Å². The highest BCUT2D eigenvalue weighted by molar-refractivity contribution is 5.13. The summed E-state index contributed by atoms with van der Waals surface area (Å²) in [5.74, 6) is 0. The van der Waals surface area contributed by atoms with Gasteiger partial charge >= 0.3 is 0 Å². The number of rotatable bonds is 6. The van der Waals surface area contributed by atoms with E-state index < -0.39 is 6.10 Å². The largest absolute Gasteiger partial charge is 0.389 e. The van der Waals surface area contributed by atoms with Crippen molar-refractivity contribution in [3.8, 4) is 0 Å². The maximum absolute atomic E-state index is 9.80. The highest BCUT2D eigenvalue weighted by Gasteiger charge is 2.06. The minimum Gasteiger partial charge on any atom is -0.389 e. The Bertz CT molecular complexity index is 468. The number of aryl methyl sites for hydroxylation is 1. The van der Waals surface area contributed by atoms with Crippen molar-refractivity contribution in [3.63, 3.8) is 0 Å². The number of aromatic nitrogens is 2. The van der Waals surface area contributed by atoms with E-state index in [2.05, 4.69) is 5.10 Å². The number of nitrogens with zero attached hydrogens (tertiary/aromatic N) is 2. The van der Waals surface area contributed by atoms with Crippen molar-refractivity contribution >= 4 is 0 Å². The quantitative estimate of drug-likeness (QED) is 0.845.